The molecule has 7 nitrogen and oxygen atoms in total. The molecule has 0 aliphatic carbocycles. The Morgan fingerprint density at radius 3 is 2.23 bits per heavy atom. The Morgan fingerprint density at radius 1 is 1.00 bits per heavy atom. The second kappa shape index (κ2) is 10.1. The summed E-state index contributed by atoms with van der Waals surface area (Å²) in [7, 11) is 0. The van der Waals surface area contributed by atoms with Crippen molar-refractivity contribution in [3.63, 3.8) is 0 Å². The SMILES string of the molecule is CCOc1ccc(NC(=O)COC(=O)C2(c3ccccc3)CCN(C(C)=O)CC2)cc1. The van der Waals surface area contributed by atoms with Crippen molar-refractivity contribution in [3.05, 3.63) is 60.2 Å². The topological polar surface area (TPSA) is 84.9 Å². The van der Waals surface area contributed by atoms with Crippen LogP contribution in [0.25, 0.3) is 0 Å². The van der Waals surface area contributed by atoms with Crippen LogP contribution in [-0.2, 0) is 24.5 Å². The quantitative estimate of drug-likeness (QED) is 0.690. The summed E-state index contributed by atoms with van der Waals surface area (Å²) in [6.45, 7) is 4.55. The van der Waals surface area contributed by atoms with Crippen LogP contribution in [0.15, 0.2) is 54.6 Å². The third-order valence-electron chi connectivity index (χ3n) is 5.56. The van der Waals surface area contributed by atoms with Crippen LogP contribution in [0.3, 0.4) is 0 Å². The summed E-state index contributed by atoms with van der Waals surface area (Å²) in [5, 5.41) is 2.72. The van der Waals surface area contributed by atoms with Crippen molar-refractivity contribution in [1.82, 2.24) is 4.90 Å². The van der Waals surface area contributed by atoms with Gasteiger partial charge in [-0.2, -0.15) is 0 Å². The first-order valence-corrected chi connectivity index (χ1v) is 10.5. The number of benzene rings is 2. The third kappa shape index (κ3) is 5.42. The van der Waals surface area contributed by atoms with E-state index >= 15 is 0 Å². The molecule has 31 heavy (non-hydrogen) atoms. The highest BCUT2D eigenvalue weighted by Crippen LogP contribution is 2.37. The van der Waals surface area contributed by atoms with Crippen LogP contribution in [0.5, 0.6) is 5.75 Å². The molecular formula is C24H28N2O5. The summed E-state index contributed by atoms with van der Waals surface area (Å²) >= 11 is 0. The molecule has 0 aromatic heterocycles. The molecule has 0 spiro atoms. The Labute approximate surface area is 182 Å². The zero-order valence-electron chi connectivity index (χ0n) is 17.9. The fourth-order valence-electron chi connectivity index (χ4n) is 3.84. The molecule has 2 amide bonds. The number of nitrogens with zero attached hydrogens (tertiary/aromatic N) is 1. The van der Waals surface area contributed by atoms with Crippen molar-refractivity contribution < 1.29 is 23.9 Å². The fourth-order valence-corrected chi connectivity index (χ4v) is 3.84. The van der Waals surface area contributed by atoms with Gasteiger partial charge in [0.05, 0.1) is 12.0 Å². The van der Waals surface area contributed by atoms with E-state index in [1.165, 1.54) is 6.92 Å². The molecule has 0 radical (unpaired) electrons. The van der Waals surface area contributed by atoms with Gasteiger partial charge in [0.15, 0.2) is 6.61 Å². The molecule has 7 heteroatoms. The molecule has 0 unspecified atom stereocenters. The minimum atomic E-state index is -0.868. The lowest BCUT2D eigenvalue weighted by Gasteiger charge is -2.40. The summed E-state index contributed by atoms with van der Waals surface area (Å²) < 4.78 is 10.8. The smallest absolute Gasteiger partial charge is 0.317 e. The number of nitrogens with one attached hydrogen (secondary N) is 1. The highest BCUT2D eigenvalue weighted by molar-refractivity contribution is 5.94. The van der Waals surface area contributed by atoms with Crippen molar-refractivity contribution in [2.45, 2.75) is 32.1 Å². The Balaban J connectivity index is 1.64. The number of piperidine rings is 1. The predicted molar refractivity (Wildman–Crippen MR) is 117 cm³/mol. The lowest BCUT2D eigenvalue weighted by atomic mass is 9.72. The Morgan fingerprint density at radius 2 is 1.65 bits per heavy atom. The van der Waals surface area contributed by atoms with Gasteiger partial charge in [-0.05, 0) is 49.6 Å². The summed E-state index contributed by atoms with van der Waals surface area (Å²) in [5.41, 5.74) is 0.569. The van der Waals surface area contributed by atoms with E-state index in [1.807, 2.05) is 37.3 Å². The number of anilines is 1. The van der Waals surface area contributed by atoms with Crippen LogP contribution < -0.4 is 10.1 Å². The molecular weight excluding hydrogens is 396 g/mol. The zero-order chi connectivity index (χ0) is 22.3. The molecule has 1 N–H and O–H groups in total. The molecule has 3 rings (SSSR count). The molecule has 0 bridgehead atoms. The van der Waals surface area contributed by atoms with Crippen molar-refractivity contribution in [2.24, 2.45) is 0 Å². The molecule has 1 heterocycles. The third-order valence-corrected chi connectivity index (χ3v) is 5.56. The van der Waals surface area contributed by atoms with Crippen molar-refractivity contribution >= 4 is 23.5 Å². The van der Waals surface area contributed by atoms with Gasteiger partial charge in [0.2, 0.25) is 5.91 Å². The van der Waals surface area contributed by atoms with Gasteiger partial charge in [-0.15, -0.1) is 0 Å². The number of carbonyl (C=O) groups is 3. The lowest BCUT2D eigenvalue weighted by molar-refractivity contribution is -0.156. The first-order valence-electron chi connectivity index (χ1n) is 10.5. The Hall–Kier alpha value is -3.35. The van der Waals surface area contributed by atoms with E-state index in [1.54, 1.807) is 29.2 Å². The number of ether oxygens (including phenoxy) is 2. The number of amides is 2. The van der Waals surface area contributed by atoms with Gasteiger partial charge in [0, 0.05) is 25.7 Å². The van der Waals surface area contributed by atoms with Crippen molar-refractivity contribution in [3.8, 4) is 5.75 Å². The van der Waals surface area contributed by atoms with Gasteiger partial charge in [-0.1, -0.05) is 30.3 Å². The average Bonchev–Trinajstić information content (AvgIpc) is 2.79. The summed E-state index contributed by atoms with van der Waals surface area (Å²) in [4.78, 5) is 38.9. The van der Waals surface area contributed by atoms with E-state index in [0.29, 0.717) is 44.0 Å². The van der Waals surface area contributed by atoms with Crippen LogP contribution in [0.4, 0.5) is 5.69 Å². The molecule has 164 valence electrons. The minimum Gasteiger partial charge on any atom is -0.494 e. The summed E-state index contributed by atoms with van der Waals surface area (Å²) in [5.74, 6) is -0.149. The number of hydrogen-bond acceptors (Lipinski definition) is 5. The maximum Gasteiger partial charge on any atom is 0.317 e. The molecule has 2 aromatic rings. The standard InChI is InChI=1S/C24H28N2O5/c1-3-30-21-11-9-20(10-12-21)25-22(28)17-31-23(29)24(19-7-5-4-6-8-19)13-15-26(16-14-24)18(2)27/h4-12H,3,13-17H2,1-2H3,(H,25,28). The first-order chi connectivity index (χ1) is 14.9. The Kier molecular flexibility index (Phi) is 7.28. The highest BCUT2D eigenvalue weighted by Gasteiger charge is 2.44. The van der Waals surface area contributed by atoms with E-state index in [9.17, 15) is 14.4 Å². The van der Waals surface area contributed by atoms with E-state index in [4.69, 9.17) is 9.47 Å². The largest absolute Gasteiger partial charge is 0.494 e. The second-order valence-corrected chi connectivity index (χ2v) is 7.54. The molecule has 1 fully saturated rings. The molecule has 2 aromatic carbocycles. The Bertz CT molecular complexity index is 903. The molecule has 1 aliphatic rings. The molecule has 0 atom stereocenters. The van der Waals surface area contributed by atoms with Crippen molar-refractivity contribution in [2.75, 3.05) is 31.6 Å². The van der Waals surface area contributed by atoms with Crippen molar-refractivity contribution in [1.29, 1.82) is 0 Å². The summed E-state index contributed by atoms with van der Waals surface area (Å²) in [6.07, 6.45) is 0.909. The van der Waals surface area contributed by atoms with Gasteiger partial charge in [-0.3, -0.25) is 14.4 Å². The second-order valence-electron chi connectivity index (χ2n) is 7.54. The molecule has 1 saturated heterocycles. The predicted octanol–water partition coefficient (Wildman–Crippen LogP) is 3.15. The maximum atomic E-state index is 13.1. The number of carbonyl (C=O) groups excluding carboxylic acids is 3. The van der Waals surface area contributed by atoms with Gasteiger partial charge in [-0.25, -0.2) is 0 Å². The van der Waals surface area contributed by atoms with Gasteiger partial charge in [0.1, 0.15) is 5.75 Å². The average molecular weight is 424 g/mol. The number of rotatable bonds is 7. The van der Waals surface area contributed by atoms with E-state index < -0.39 is 17.3 Å². The maximum absolute atomic E-state index is 13.1. The lowest BCUT2D eigenvalue weighted by Crippen LogP contribution is -2.49. The van der Waals surface area contributed by atoms with Crippen LogP contribution in [0.1, 0.15) is 32.3 Å². The zero-order valence-corrected chi connectivity index (χ0v) is 17.9. The van der Waals surface area contributed by atoms with Crippen LogP contribution >= 0.6 is 0 Å². The van der Waals surface area contributed by atoms with Crippen LogP contribution in [0, 0.1) is 0 Å². The van der Waals surface area contributed by atoms with Gasteiger partial charge >= 0.3 is 5.97 Å². The van der Waals surface area contributed by atoms with E-state index in [0.717, 1.165) is 5.56 Å². The normalized spacial score (nSPS) is 15.1. The monoisotopic (exact) mass is 424 g/mol. The van der Waals surface area contributed by atoms with E-state index in [2.05, 4.69) is 5.32 Å². The molecule has 0 saturated carbocycles. The fraction of sp³-hybridized carbons (Fsp3) is 0.375. The number of likely N-dealkylation sites (tertiary alicyclic amines) is 1. The first kappa shape index (κ1) is 22.3. The van der Waals surface area contributed by atoms with Gasteiger partial charge in [0.25, 0.3) is 5.91 Å². The van der Waals surface area contributed by atoms with Crippen LogP contribution in [0.2, 0.25) is 0 Å². The van der Waals surface area contributed by atoms with E-state index in [-0.39, 0.29) is 12.5 Å². The minimum absolute atomic E-state index is 0.00948. The molecule has 1 aliphatic heterocycles. The summed E-state index contributed by atoms with van der Waals surface area (Å²) in [6, 6.07) is 16.4. The van der Waals surface area contributed by atoms with Crippen LogP contribution in [-0.4, -0.2) is 49.0 Å². The highest BCUT2D eigenvalue weighted by atomic mass is 16.5. The number of esters is 1. The number of hydrogen-bond donors (Lipinski definition) is 1. The van der Waals surface area contributed by atoms with Gasteiger partial charge < -0.3 is 19.7 Å².